The average molecular weight is 440 g/mol. The van der Waals surface area contributed by atoms with Crippen LogP contribution < -0.4 is 10.9 Å². The van der Waals surface area contributed by atoms with Gasteiger partial charge in [-0.1, -0.05) is 47.1 Å². The minimum absolute atomic E-state index is 0.0729. The van der Waals surface area contributed by atoms with Gasteiger partial charge in [-0.05, 0) is 43.7 Å². The Labute approximate surface area is 181 Å². The van der Waals surface area contributed by atoms with Crippen molar-refractivity contribution >= 4 is 46.0 Å². The van der Waals surface area contributed by atoms with Crippen LogP contribution in [-0.2, 0) is 4.79 Å². The Morgan fingerprint density at radius 2 is 1.97 bits per heavy atom. The van der Waals surface area contributed by atoms with Crippen LogP contribution in [0.25, 0.3) is 16.7 Å². The number of amides is 1. The van der Waals surface area contributed by atoms with E-state index >= 15 is 0 Å². The number of carbonyl (C=O) groups is 1. The normalized spacial score (nSPS) is 11.0. The molecule has 0 fully saturated rings. The Morgan fingerprint density at radius 3 is 2.70 bits per heavy atom. The van der Waals surface area contributed by atoms with Gasteiger partial charge in [-0.15, -0.1) is 0 Å². The molecule has 0 aliphatic heterocycles. The van der Waals surface area contributed by atoms with Crippen molar-refractivity contribution in [3.05, 3.63) is 75.2 Å². The van der Waals surface area contributed by atoms with Gasteiger partial charge < -0.3 is 5.32 Å². The number of rotatable bonds is 5. The van der Waals surface area contributed by atoms with Crippen molar-refractivity contribution in [3.63, 3.8) is 0 Å². The molecule has 0 unspecified atom stereocenters. The summed E-state index contributed by atoms with van der Waals surface area (Å²) in [6, 6.07) is 12.9. The van der Waals surface area contributed by atoms with E-state index in [0.29, 0.717) is 32.6 Å². The fraction of sp³-hybridized carbons (Fsp3) is 0.143. The predicted molar refractivity (Wildman–Crippen MR) is 120 cm³/mol. The maximum absolute atomic E-state index is 13.0. The molecule has 2 heterocycles. The second-order valence-corrected chi connectivity index (χ2v) is 8.15. The molecule has 4 rings (SSSR count). The standard InChI is InChI=1S/C21H18ClN5O2S/c1-12-3-7-15(8-4-12)27-20(29)16-10-23-26-19(16)25-21(27)30-11-18(28)24-14-6-5-13(2)17(22)9-14/h3-10H,11H2,1-2H3,(H,23,26)(H,24,28). The van der Waals surface area contributed by atoms with Crippen LogP contribution >= 0.6 is 23.4 Å². The fourth-order valence-electron chi connectivity index (χ4n) is 2.89. The van der Waals surface area contributed by atoms with Crippen LogP contribution in [-0.4, -0.2) is 31.4 Å². The molecule has 0 bridgehead atoms. The van der Waals surface area contributed by atoms with Gasteiger partial charge in [0.1, 0.15) is 5.39 Å². The van der Waals surface area contributed by atoms with Gasteiger partial charge in [-0.3, -0.25) is 19.3 Å². The summed E-state index contributed by atoms with van der Waals surface area (Å²) >= 11 is 7.29. The number of hydrogen-bond acceptors (Lipinski definition) is 5. The molecule has 0 aliphatic carbocycles. The molecule has 0 spiro atoms. The number of aromatic amines is 1. The first-order chi connectivity index (χ1) is 14.4. The third-order valence-corrected chi connectivity index (χ3v) is 5.88. The average Bonchev–Trinajstić information content (AvgIpc) is 3.19. The summed E-state index contributed by atoms with van der Waals surface area (Å²) in [5.41, 5.74) is 3.44. The second kappa shape index (κ2) is 8.33. The van der Waals surface area contributed by atoms with Crippen molar-refractivity contribution in [3.8, 4) is 5.69 Å². The van der Waals surface area contributed by atoms with Crippen molar-refractivity contribution in [1.29, 1.82) is 0 Å². The first-order valence-corrected chi connectivity index (χ1v) is 10.5. The lowest BCUT2D eigenvalue weighted by atomic mass is 10.2. The monoisotopic (exact) mass is 439 g/mol. The number of aromatic nitrogens is 4. The zero-order valence-corrected chi connectivity index (χ0v) is 17.8. The van der Waals surface area contributed by atoms with Crippen molar-refractivity contribution in [2.45, 2.75) is 19.0 Å². The summed E-state index contributed by atoms with van der Waals surface area (Å²) in [5, 5.41) is 10.8. The van der Waals surface area contributed by atoms with E-state index < -0.39 is 0 Å². The van der Waals surface area contributed by atoms with Crippen molar-refractivity contribution in [2.24, 2.45) is 0 Å². The molecular formula is C21H18ClN5O2S. The van der Waals surface area contributed by atoms with Gasteiger partial charge in [-0.25, -0.2) is 4.98 Å². The molecule has 2 aromatic heterocycles. The van der Waals surface area contributed by atoms with Crippen LogP contribution in [0.4, 0.5) is 5.69 Å². The van der Waals surface area contributed by atoms with Crippen molar-refractivity contribution < 1.29 is 4.79 Å². The van der Waals surface area contributed by atoms with E-state index in [1.165, 1.54) is 22.5 Å². The highest BCUT2D eigenvalue weighted by Gasteiger charge is 2.16. The number of halogens is 1. The SMILES string of the molecule is Cc1ccc(-n2c(SCC(=O)Nc3ccc(C)c(Cl)c3)nc3[nH]ncc3c2=O)cc1. The Bertz CT molecular complexity index is 1300. The molecular weight excluding hydrogens is 422 g/mol. The largest absolute Gasteiger partial charge is 0.325 e. The molecule has 152 valence electrons. The summed E-state index contributed by atoms with van der Waals surface area (Å²) in [5.74, 6) is -0.155. The number of nitrogens with one attached hydrogen (secondary N) is 2. The number of benzene rings is 2. The molecule has 0 saturated heterocycles. The fourth-order valence-corrected chi connectivity index (χ4v) is 3.88. The van der Waals surface area contributed by atoms with Crippen LogP contribution in [0.3, 0.4) is 0 Å². The molecule has 30 heavy (non-hydrogen) atoms. The highest BCUT2D eigenvalue weighted by Crippen LogP contribution is 2.23. The molecule has 1 amide bonds. The van der Waals surface area contributed by atoms with E-state index in [9.17, 15) is 9.59 Å². The summed E-state index contributed by atoms with van der Waals surface area (Å²) < 4.78 is 1.50. The summed E-state index contributed by atoms with van der Waals surface area (Å²) in [6.45, 7) is 3.87. The van der Waals surface area contributed by atoms with Crippen LogP contribution in [0.2, 0.25) is 5.02 Å². The lowest BCUT2D eigenvalue weighted by Gasteiger charge is -2.12. The van der Waals surface area contributed by atoms with E-state index in [0.717, 1.165) is 11.1 Å². The first-order valence-electron chi connectivity index (χ1n) is 9.14. The Morgan fingerprint density at radius 1 is 1.20 bits per heavy atom. The van der Waals surface area contributed by atoms with Gasteiger partial charge in [0.25, 0.3) is 5.56 Å². The number of anilines is 1. The molecule has 2 N–H and O–H groups in total. The van der Waals surface area contributed by atoms with Gasteiger partial charge >= 0.3 is 0 Å². The molecule has 0 aliphatic rings. The van der Waals surface area contributed by atoms with Gasteiger partial charge in [-0.2, -0.15) is 5.10 Å². The Kier molecular flexibility index (Phi) is 5.61. The van der Waals surface area contributed by atoms with E-state index in [1.54, 1.807) is 12.1 Å². The van der Waals surface area contributed by atoms with Gasteiger partial charge in [0, 0.05) is 10.7 Å². The Hall–Kier alpha value is -3.10. The number of carbonyl (C=O) groups excluding carboxylic acids is 1. The molecule has 0 atom stereocenters. The van der Waals surface area contributed by atoms with E-state index in [1.807, 2.05) is 44.2 Å². The van der Waals surface area contributed by atoms with E-state index in [4.69, 9.17) is 11.6 Å². The van der Waals surface area contributed by atoms with Gasteiger partial charge in [0.2, 0.25) is 5.91 Å². The number of fused-ring (bicyclic) bond motifs is 1. The molecule has 9 heteroatoms. The minimum Gasteiger partial charge on any atom is -0.325 e. The Balaban J connectivity index is 1.62. The summed E-state index contributed by atoms with van der Waals surface area (Å²) in [4.78, 5) is 30.0. The smallest absolute Gasteiger partial charge is 0.269 e. The third-order valence-electron chi connectivity index (χ3n) is 4.53. The quantitative estimate of drug-likeness (QED) is 0.360. The number of thioether (sulfide) groups is 1. The molecule has 0 radical (unpaired) electrons. The van der Waals surface area contributed by atoms with Crippen LogP contribution in [0.5, 0.6) is 0 Å². The minimum atomic E-state index is -0.245. The van der Waals surface area contributed by atoms with E-state index in [2.05, 4.69) is 20.5 Å². The zero-order valence-electron chi connectivity index (χ0n) is 16.3. The number of aryl methyl sites for hydroxylation is 2. The number of nitrogens with zero attached hydrogens (tertiary/aromatic N) is 3. The highest BCUT2D eigenvalue weighted by molar-refractivity contribution is 7.99. The van der Waals surface area contributed by atoms with Gasteiger partial charge in [0.15, 0.2) is 10.8 Å². The number of hydrogen-bond donors (Lipinski definition) is 2. The molecule has 0 saturated carbocycles. The first kappa shape index (κ1) is 20.2. The predicted octanol–water partition coefficient (Wildman–Crippen LogP) is 4.11. The lowest BCUT2D eigenvalue weighted by Crippen LogP contribution is -2.22. The van der Waals surface area contributed by atoms with Crippen LogP contribution in [0, 0.1) is 13.8 Å². The van der Waals surface area contributed by atoms with Crippen LogP contribution in [0.15, 0.2) is 58.6 Å². The maximum Gasteiger partial charge on any atom is 0.269 e. The molecule has 7 nitrogen and oxygen atoms in total. The van der Waals surface area contributed by atoms with Crippen molar-refractivity contribution in [1.82, 2.24) is 19.7 Å². The van der Waals surface area contributed by atoms with Crippen molar-refractivity contribution in [2.75, 3.05) is 11.1 Å². The molecule has 2 aromatic carbocycles. The highest BCUT2D eigenvalue weighted by atomic mass is 35.5. The second-order valence-electron chi connectivity index (χ2n) is 6.80. The molecule has 4 aromatic rings. The summed E-state index contributed by atoms with van der Waals surface area (Å²) in [7, 11) is 0. The third kappa shape index (κ3) is 4.10. The zero-order chi connectivity index (χ0) is 21.3. The van der Waals surface area contributed by atoms with Gasteiger partial charge in [0.05, 0.1) is 17.6 Å². The lowest BCUT2D eigenvalue weighted by molar-refractivity contribution is -0.113. The summed E-state index contributed by atoms with van der Waals surface area (Å²) in [6.07, 6.45) is 1.46. The topological polar surface area (TPSA) is 92.7 Å². The maximum atomic E-state index is 13.0. The van der Waals surface area contributed by atoms with Crippen LogP contribution in [0.1, 0.15) is 11.1 Å². The number of H-pyrrole nitrogens is 1. The van der Waals surface area contributed by atoms with E-state index in [-0.39, 0.29) is 17.2 Å².